The molecule has 6 heteroatoms. The Morgan fingerprint density at radius 3 is 2.72 bits per heavy atom. The highest BCUT2D eigenvalue weighted by Gasteiger charge is 2.32. The van der Waals surface area contributed by atoms with E-state index in [9.17, 15) is 17.2 Å². The first-order chi connectivity index (χ1) is 8.43. The summed E-state index contributed by atoms with van der Waals surface area (Å²) in [4.78, 5) is 0. The minimum atomic E-state index is -3.22. The summed E-state index contributed by atoms with van der Waals surface area (Å²) in [5.74, 6) is -2.06. The number of rotatable bonds is 2. The molecule has 0 spiro atoms. The number of benzene rings is 1. The maximum atomic E-state index is 13.7. The van der Waals surface area contributed by atoms with Gasteiger partial charge in [-0.3, -0.25) is 0 Å². The van der Waals surface area contributed by atoms with Gasteiger partial charge in [-0.15, -0.1) is 0 Å². The van der Waals surface area contributed by atoms with Gasteiger partial charge in [0.05, 0.1) is 11.5 Å². The molecule has 1 aromatic rings. The molecule has 2 unspecified atom stereocenters. The van der Waals surface area contributed by atoms with E-state index in [0.29, 0.717) is 6.42 Å². The smallest absolute Gasteiger partial charge is 0.163 e. The zero-order valence-corrected chi connectivity index (χ0v) is 10.8. The molecule has 0 aromatic heterocycles. The lowest BCUT2D eigenvalue weighted by atomic mass is 10.1. The van der Waals surface area contributed by atoms with E-state index in [0.717, 1.165) is 6.07 Å². The van der Waals surface area contributed by atoms with Gasteiger partial charge in [0.1, 0.15) is 0 Å². The average molecular weight is 275 g/mol. The molecule has 1 aromatic carbocycles. The van der Waals surface area contributed by atoms with Crippen LogP contribution in [0.3, 0.4) is 0 Å². The van der Waals surface area contributed by atoms with Crippen LogP contribution in [0.15, 0.2) is 18.2 Å². The van der Waals surface area contributed by atoms with E-state index >= 15 is 0 Å². The number of sulfone groups is 1. The molecule has 0 amide bonds. The van der Waals surface area contributed by atoms with Crippen molar-refractivity contribution in [3.8, 4) is 0 Å². The van der Waals surface area contributed by atoms with Gasteiger partial charge in [0.25, 0.3) is 0 Å². The van der Waals surface area contributed by atoms with Crippen molar-refractivity contribution in [2.45, 2.75) is 25.4 Å². The minimum Gasteiger partial charge on any atom is -0.305 e. The number of nitrogens with one attached hydrogen (secondary N) is 1. The normalized spacial score (nSPS) is 27.1. The Kier molecular flexibility index (Phi) is 3.68. The predicted molar refractivity (Wildman–Crippen MR) is 65.0 cm³/mol. The van der Waals surface area contributed by atoms with E-state index in [1.54, 1.807) is 0 Å². The third kappa shape index (κ3) is 2.70. The number of hydrogen-bond donors (Lipinski definition) is 1. The molecule has 0 bridgehead atoms. The fourth-order valence-corrected chi connectivity index (χ4v) is 4.08. The third-order valence-corrected chi connectivity index (χ3v) is 4.91. The molecule has 1 fully saturated rings. The summed E-state index contributed by atoms with van der Waals surface area (Å²) in [5.41, 5.74) is 0.0803. The molecule has 2 rings (SSSR count). The Morgan fingerprint density at radius 1 is 1.33 bits per heavy atom. The van der Waals surface area contributed by atoms with Gasteiger partial charge < -0.3 is 5.32 Å². The van der Waals surface area contributed by atoms with Gasteiger partial charge in [0, 0.05) is 17.6 Å². The molecule has 0 saturated carbocycles. The largest absolute Gasteiger partial charge is 0.305 e. The van der Waals surface area contributed by atoms with Crippen molar-refractivity contribution in [1.82, 2.24) is 5.32 Å². The van der Waals surface area contributed by atoms with Crippen molar-refractivity contribution in [2.75, 3.05) is 11.5 Å². The summed E-state index contributed by atoms with van der Waals surface area (Å²) < 4.78 is 50.3. The molecule has 3 nitrogen and oxygen atoms in total. The van der Waals surface area contributed by atoms with E-state index in [2.05, 4.69) is 5.32 Å². The van der Waals surface area contributed by atoms with Crippen LogP contribution in [0.25, 0.3) is 0 Å². The molecule has 1 N–H and O–H groups in total. The van der Waals surface area contributed by atoms with Gasteiger partial charge in [-0.25, -0.2) is 17.2 Å². The summed E-state index contributed by atoms with van der Waals surface area (Å²) in [6.45, 7) is 1.86. The second kappa shape index (κ2) is 4.93. The van der Waals surface area contributed by atoms with Crippen molar-refractivity contribution >= 4 is 9.84 Å². The Hall–Kier alpha value is -1.01. The summed E-state index contributed by atoms with van der Waals surface area (Å²) in [7, 11) is -3.22. The zero-order valence-electron chi connectivity index (χ0n) is 9.99. The predicted octanol–water partition coefficient (Wildman–Crippen LogP) is 1.80. The van der Waals surface area contributed by atoms with E-state index < -0.39 is 27.5 Å². The lowest BCUT2D eigenvalue weighted by molar-refractivity contribution is 0.418. The van der Waals surface area contributed by atoms with Crippen LogP contribution in [0.1, 0.15) is 24.9 Å². The SMILES string of the molecule is CCC1CS(=O)(=O)CC(c2cccc(F)c2F)N1. The van der Waals surface area contributed by atoms with Crippen LogP contribution in [0.4, 0.5) is 8.78 Å². The monoisotopic (exact) mass is 275 g/mol. The highest BCUT2D eigenvalue weighted by atomic mass is 32.2. The second-order valence-electron chi connectivity index (χ2n) is 4.54. The molecule has 1 aliphatic rings. The van der Waals surface area contributed by atoms with Crippen molar-refractivity contribution in [1.29, 1.82) is 0 Å². The first kappa shape index (κ1) is 13.4. The summed E-state index contributed by atoms with van der Waals surface area (Å²) in [6.07, 6.45) is 0.632. The fraction of sp³-hybridized carbons (Fsp3) is 0.500. The molecule has 18 heavy (non-hydrogen) atoms. The standard InChI is InChI=1S/C12H15F2NO2S/c1-2-8-6-18(16,17)7-11(15-8)9-4-3-5-10(13)12(9)14/h3-5,8,11,15H,2,6-7H2,1H3. The van der Waals surface area contributed by atoms with Gasteiger partial charge in [-0.2, -0.15) is 0 Å². The molecule has 1 saturated heterocycles. The molecule has 1 aliphatic heterocycles. The summed E-state index contributed by atoms with van der Waals surface area (Å²) >= 11 is 0. The first-order valence-electron chi connectivity index (χ1n) is 5.83. The Labute approximate surface area is 105 Å². The van der Waals surface area contributed by atoms with Crippen molar-refractivity contribution in [2.24, 2.45) is 0 Å². The molecule has 1 heterocycles. The van der Waals surface area contributed by atoms with Crippen LogP contribution in [-0.4, -0.2) is 26.0 Å². The van der Waals surface area contributed by atoms with E-state index in [1.807, 2.05) is 6.92 Å². The Balaban J connectivity index is 2.35. The molecular weight excluding hydrogens is 260 g/mol. The highest BCUT2D eigenvalue weighted by molar-refractivity contribution is 7.91. The Bertz CT molecular complexity index is 545. The first-order valence-corrected chi connectivity index (χ1v) is 7.65. The zero-order chi connectivity index (χ0) is 13.3. The maximum absolute atomic E-state index is 13.7. The average Bonchev–Trinajstić information content (AvgIpc) is 2.30. The van der Waals surface area contributed by atoms with Crippen molar-refractivity contribution in [3.05, 3.63) is 35.4 Å². The maximum Gasteiger partial charge on any atom is 0.163 e. The molecule has 0 aliphatic carbocycles. The number of halogens is 2. The van der Waals surface area contributed by atoms with Gasteiger partial charge >= 0.3 is 0 Å². The number of hydrogen-bond acceptors (Lipinski definition) is 3. The topological polar surface area (TPSA) is 46.2 Å². The van der Waals surface area contributed by atoms with E-state index in [-0.39, 0.29) is 23.1 Å². The van der Waals surface area contributed by atoms with Crippen molar-refractivity contribution in [3.63, 3.8) is 0 Å². The van der Waals surface area contributed by atoms with Crippen LogP contribution >= 0.6 is 0 Å². The van der Waals surface area contributed by atoms with Crippen molar-refractivity contribution < 1.29 is 17.2 Å². The lowest BCUT2D eigenvalue weighted by Crippen LogP contribution is -2.47. The molecule has 100 valence electrons. The second-order valence-corrected chi connectivity index (χ2v) is 6.70. The van der Waals surface area contributed by atoms with Crippen LogP contribution in [0.5, 0.6) is 0 Å². The molecular formula is C12H15F2NO2S. The van der Waals surface area contributed by atoms with Gasteiger partial charge in [-0.1, -0.05) is 19.1 Å². The molecule has 2 atom stereocenters. The summed E-state index contributed by atoms with van der Waals surface area (Å²) in [5, 5.41) is 3.06. The van der Waals surface area contributed by atoms with E-state index in [4.69, 9.17) is 0 Å². The van der Waals surface area contributed by atoms with Gasteiger partial charge in [0.2, 0.25) is 0 Å². The van der Waals surface area contributed by atoms with E-state index in [1.165, 1.54) is 12.1 Å². The van der Waals surface area contributed by atoms with Crippen LogP contribution in [0.2, 0.25) is 0 Å². The summed E-state index contributed by atoms with van der Waals surface area (Å²) in [6, 6.07) is 2.94. The quantitative estimate of drug-likeness (QED) is 0.895. The Morgan fingerprint density at radius 2 is 2.06 bits per heavy atom. The third-order valence-electron chi connectivity index (χ3n) is 3.16. The molecule has 0 radical (unpaired) electrons. The highest BCUT2D eigenvalue weighted by Crippen LogP contribution is 2.25. The van der Waals surface area contributed by atoms with Gasteiger partial charge in [-0.05, 0) is 12.5 Å². The van der Waals surface area contributed by atoms with Gasteiger partial charge in [0.15, 0.2) is 21.5 Å². The van der Waals surface area contributed by atoms with Crippen LogP contribution in [-0.2, 0) is 9.84 Å². The lowest BCUT2D eigenvalue weighted by Gasteiger charge is -2.30. The van der Waals surface area contributed by atoms with Crippen LogP contribution < -0.4 is 5.32 Å². The minimum absolute atomic E-state index is 0.0525. The fourth-order valence-electron chi connectivity index (χ4n) is 2.21. The van der Waals surface area contributed by atoms with Crippen LogP contribution in [0, 0.1) is 11.6 Å².